The highest BCUT2D eigenvalue weighted by molar-refractivity contribution is 6.16. The van der Waals surface area contributed by atoms with Crippen LogP contribution in [0.1, 0.15) is 17.0 Å². The molecule has 0 aromatic heterocycles. The Balaban J connectivity index is 2.13. The van der Waals surface area contributed by atoms with Gasteiger partial charge in [-0.25, -0.2) is 4.79 Å². The Morgan fingerprint density at radius 1 is 0.708 bits per heavy atom. The maximum atomic E-state index is 12.7. The van der Waals surface area contributed by atoms with Crippen LogP contribution in [0.25, 0.3) is 0 Å². The Kier molecular flexibility index (Phi) is 4.16. The van der Waals surface area contributed by atoms with Gasteiger partial charge in [0.2, 0.25) is 11.8 Å². The van der Waals surface area contributed by atoms with Crippen LogP contribution in [0.4, 0.5) is 4.79 Å². The summed E-state index contributed by atoms with van der Waals surface area (Å²) in [6, 6.07) is 18.3. The van der Waals surface area contributed by atoms with Crippen LogP contribution >= 0.6 is 0 Å². The number of hydrogen-bond acceptors (Lipinski definition) is 3. The van der Waals surface area contributed by atoms with E-state index in [1.54, 1.807) is 0 Å². The fourth-order valence-electron chi connectivity index (χ4n) is 3.12. The molecular weight excluding hydrogens is 304 g/mol. The molecule has 0 saturated carbocycles. The summed E-state index contributed by atoms with van der Waals surface area (Å²) in [5.74, 6) is -2.34. The summed E-state index contributed by atoms with van der Waals surface area (Å²) in [4.78, 5) is 39.5. The number of amides is 4. The summed E-state index contributed by atoms with van der Waals surface area (Å²) < 4.78 is 0. The second-order valence-electron chi connectivity index (χ2n) is 5.85. The van der Waals surface area contributed by atoms with E-state index in [2.05, 4.69) is 0 Å². The van der Waals surface area contributed by atoms with Crippen LogP contribution in [0.5, 0.6) is 0 Å². The third kappa shape index (κ3) is 2.58. The van der Waals surface area contributed by atoms with Crippen molar-refractivity contribution in [3.8, 4) is 0 Å². The van der Waals surface area contributed by atoms with Crippen LogP contribution in [0, 0.1) is 5.92 Å². The van der Waals surface area contributed by atoms with Gasteiger partial charge in [0.15, 0.2) is 0 Å². The van der Waals surface area contributed by atoms with E-state index in [9.17, 15) is 14.4 Å². The first kappa shape index (κ1) is 15.9. The minimum absolute atomic E-state index is 0.439. The molecule has 5 nitrogen and oxygen atoms in total. The first-order valence-corrected chi connectivity index (χ1v) is 7.71. The van der Waals surface area contributed by atoms with E-state index in [4.69, 9.17) is 0 Å². The number of benzene rings is 2. The molecule has 2 aromatic rings. The Hall–Kier alpha value is -2.95. The molecular formula is C19H18N2O3. The van der Waals surface area contributed by atoms with E-state index >= 15 is 0 Å². The Bertz CT molecular complexity index is 710. The molecule has 24 heavy (non-hydrogen) atoms. The lowest BCUT2D eigenvalue weighted by atomic mass is 9.78. The number of carbonyl (C=O) groups is 3. The molecule has 0 atom stereocenters. The molecule has 0 radical (unpaired) electrons. The highest BCUT2D eigenvalue weighted by Crippen LogP contribution is 2.36. The summed E-state index contributed by atoms with van der Waals surface area (Å²) in [5, 5.41) is 0. The molecule has 1 fully saturated rings. The van der Waals surface area contributed by atoms with Crippen LogP contribution in [0.2, 0.25) is 0 Å². The molecule has 1 heterocycles. The maximum absolute atomic E-state index is 12.7. The zero-order valence-corrected chi connectivity index (χ0v) is 13.5. The molecule has 1 saturated heterocycles. The smallest absolute Gasteiger partial charge is 0.273 e. The standard InChI is InChI=1S/C19H18N2O3/c1-20-17(22)16(18(23)21(2)19(20)24)15(13-9-5-3-6-10-13)14-11-7-4-8-12-14/h3-12,15-16H,1-2H3. The van der Waals surface area contributed by atoms with Crippen LogP contribution in [-0.2, 0) is 9.59 Å². The maximum Gasteiger partial charge on any atom is 0.332 e. The van der Waals surface area contributed by atoms with Gasteiger partial charge in [0.25, 0.3) is 0 Å². The number of rotatable bonds is 3. The lowest BCUT2D eigenvalue weighted by Gasteiger charge is -2.36. The quantitative estimate of drug-likeness (QED) is 0.816. The van der Waals surface area contributed by atoms with Gasteiger partial charge < -0.3 is 0 Å². The minimum Gasteiger partial charge on any atom is -0.273 e. The summed E-state index contributed by atoms with van der Waals surface area (Å²) >= 11 is 0. The fraction of sp³-hybridized carbons (Fsp3) is 0.211. The Morgan fingerprint density at radius 3 is 1.46 bits per heavy atom. The predicted molar refractivity (Wildman–Crippen MR) is 89.2 cm³/mol. The highest BCUT2D eigenvalue weighted by Gasteiger charge is 2.47. The van der Waals surface area contributed by atoms with Crippen molar-refractivity contribution in [2.75, 3.05) is 14.1 Å². The lowest BCUT2D eigenvalue weighted by Crippen LogP contribution is -2.58. The molecule has 0 spiro atoms. The normalized spacial score (nSPS) is 16.2. The van der Waals surface area contributed by atoms with E-state index in [-0.39, 0.29) is 0 Å². The van der Waals surface area contributed by atoms with Crippen LogP contribution in [0.15, 0.2) is 60.7 Å². The van der Waals surface area contributed by atoms with Crippen molar-refractivity contribution in [1.29, 1.82) is 0 Å². The topological polar surface area (TPSA) is 57.7 Å². The fourth-order valence-corrected chi connectivity index (χ4v) is 3.12. The number of hydrogen-bond donors (Lipinski definition) is 0. The van der Waals surface area contributed by atoms with Gasteiger partial charge >= 0.3 is 6.03 Å². The minimum atomic E-state index is -0.956. The number of barbiturate groups is 1. The van der Waals surface area contributed by atoms with E-state index in [1.165, 1.54) is 14.1 Å². The monoisotopic (exact) mass is 322 g/mol. The van der Waals surface area contributed by atoms with Gasteiger partial charge in [0.1, 0.15) is 5.92 Å². The van der Waals surface area contributed by atoms with Crippen LogP contribution in [-0.4, -0.2) is 41.7 Å². The summed E-state index contributed by atoms with van der Waals surface area (Å²) in [6.45, 7) is 0. The van der Waals surface area contributed by atoms with Gasteiger partial charge in [0, 0.05) is 20.0 Å². The summed E-state index contributed by atoms with van der Waals surface area (Å²) in [6.07, 6.45) is 0. The van der Waals surface area contributed by atoms with Crippen LogP contribution in [0.3, 0.4) is 0 Å². The zero-order chi connectivity index (χ0) is 17.3. The van der Waals surface area contributed by atoms with Gasteiger partial charge in [-0.05, 0) is 11.1 Å². The Morgan fingerprint density at radius 2 is 1.08 bits per heavy atom. The average Bonchev–Trinajstić information content (AvgIpc) is 2.63. The first-order valence-electron chi connectivity index (χ1n) is 7.71. The van der Waals surface area contributed by atoms with Crippen LogP contribution < -0.4 is 0 Å². The number of imide groups is 2. The molecule has 0 bridgehead atoms. The van der Waals surface area contributed by atoms with Crippen molar-refractivity contribution in [2.45, 2.75) is 5.92 Å². The van der Waals surface area contributed by atoms with Crippen molar-refractivity contribution in [1.82, 2.24) is 9.80 Å². The van der Waals surface area contributed by atoms with E-state index in [0.717, 1.165) is 20.9 Å². The average molecular weight is 322 g/mol. The Labute approximate surface area is 140 Å². The van der Waals surface area contributed by atoms with Gasteiger partial charge in [-0.3, -0.25) is 19.4 Å². The molecule has 0 unspecified atom stereocenters. The van der Waals surface area contributed by atoms with Crippen molar-refractivity contribution in [2.24, 2.45) is 5.92 Å². The van der Waals surface area contributed by atoms with Gasteiger partial charge in [-0.15, -0.1) is 0 Å². The molecule has 122 valence electrons. The third-order valence-electron chi connectivity index (χ3n) is 4.42. The number of nitrogens with zero attached hydrogens (tertiary/aromatic N) is 2. The molecule has 1 aliphatic heterocycles. The van der Waals surface area contributed by atoms with Crippen molar-refractivity contribution in [3.63, 3.8) is 0 Å². The molecule has 1 aliphatic rings. The summed E-state index contributed by atoms with van der Waals surface area (Å²) in [7, 11) is 2.82. The molecule has 0 aliphatic carbocycles. The van der Waals surface area contributed by atoms with Gasteiger partial charge in [-0.2, -0.15) is 0 Å². The second kappa shape index (κ2) is 6.28. The van der Waals surface area contributed by atoms with Gasteiger partial charge in [0.05, 0.1) is 0 Å². The molecule has 5 heteroatoms. The van der Waals surface area contributed by atoms with Crippen molar-refractivity contribution >= 4 is 17.8 Å². The molecule has 4 amide bonds. The second-order valence-corrected chi connectivity index (χ2v) is 5.85. The molecule has 2 aromatic carbocycles. The lowest BCUT2D eigenvalue weighted by molar-refractivity contribution is -0.148. The van der Waals surface area contributed by atoms with E-state index in [0.29, 0.717) is 0 Å². The third-order valence-corrected chi connectivity index (χ3v) is 4.42. The molecule has 3 rings (SSSR count). The van der Waals surface area contributed by atoms with E-state index in [1.807, 2.05) is 60.7 Å². The van der Waals surface area contributed by atoms with Crippen molar-refractivity contribution < 1.29 is 14.4 Å². The predicted octanol–water partition coefficient (Wildman–Crippen LogP) is 2.49. The van der Waals surface area contributed by atoms with E-state index < -0.39 is 29.7 Å². The summed E-state index contributed by atoms with van der Waals surface area (Å²) in [5.41, 5.74) is 1.73. The SMILES string of the molecule is CN1C(=O)C(C(c2ccccc2)c2ccccc2)C(=O)N(C)C1=O. The van der Waals surface area contributed by atoms with Gasteiger partial charge in [-0.1, -0.05) is 60.7 Å². The number of urea groups is 1. The first-order chi connectivity index (χ1) is 11.5. The largest absolute Gasteiger partial charge is 0.332 e. The highest BCUT2D eigenvalue weighted by atomic mass is 16.2. The number of carbonyl (C=O) groups excluding carboxylic acids is 3. The molecule has 0 N–H and O–H groups in total. The van der Waals surface area contributed by atoms with Crippen molar-refractivity contribution in [3.05, 3.63) is 71.8 Å². The zero-order valence-electron chi connectivity index (χ0n) is 13.5.